The van der Waals surface area contributed by atoms with E-state index in [0.29, 0.717) is 0 Å². The maximum absolute atomic E-state index is 12.8. The normalized spacial score (nSPS) is 35.1. The molecule has 130 valence electrons. The van der Waals surface area contributed by atoms with E-state index in [1.165, 1.54) is 0 Å². The number of nitrogens with zero attached hydrogens (tertiary/aromatic N) is 1. The first-order valence-electron chi connectivity index (χ1n) is 9.42. The molecule has 5 heteroatoms. The summed E-state index contributed by atoms with van der Waals surface area (Å²) in [5.41, 5.74) is 0. The second kappa shape index (κ2) is 7.65. The number of carbonyl (C=O) groups is 2. The van der Waals surface area contributed by atoms with Crippen molar-refractivity contribution >= 4 is 11.8 Å². The summed E-state index contributed by atoms with van der Waals surface area (Å²) < 4.78 is 0. The summed E-state index contributed by atoms with van der Waals surface area (Å²) in [6.07, 6.45) is 9.03. The zero-order chi connectivity index (χ0) is 16.2. The molecule has 2 saturated carbocycles. The molecule has 0 unspecified atom stereocenters. The maximum Gasteiger partial charge on any atom is 0.226 e. The first kappa shape index (κ1) is 16.7. The first-order valence-corrected chi connectivity index (χ1v) is 9.42. The van der Waals surface area contributed by atoms with Gasteiger partial charge in [-0.05, 0) is 51.4 Å². The van der Waals surface area contributed by atoms with Gasteiger partial charge in [-0.2, -0.15) is 0 Å². The van der Waals surface area contributed by atoms with Crippen LogP contribution in [0.25, 0.3) is 0 Å². The van der Waals surface area contributed by atoms with E-state index in [4.69, 9.17) is 0 Å². The van der Waals surface area contributed by atoms with Gasteiger partial charge in [0.2, 0.25) is 11.8 Å². The molecule has 3 rings (SSSR count). The lowest BCUT2D eigenvalue weighted by atomic mass is 9.77. The first-order chi connectivity index (χ1) is 11.1. The lowest BCUT2D eigenvalue weighted by Crippen LogP contribution is -2.47. The minimum absolute atomic E-state index is 0.0728. The number of aliphatic hydroxyl groups excluding tert-OH is 1. The van der Waals surface area contributed by atoms with E-state index in [9.17, 15) is 14.7 Å². The molecule has 2 N–H and O–H groups in total. The van der Waals surface area contributed by atoms with Gasteiger partial charge in [-0.3, -0.25) is 9.59 Å². The number of hydrogen-bond donors (Lipinski definition) is 2. The van der Waals surface area contributed by atoms with E-state index in [2.05, 4.69) is 5.32 Å². The lowest BCUT2D eigenvalue weighted by Gasteiger charge is -2.34. The van der Waals surface area contributed by atoms with E-state index in [-0.39, 0.29) is 35.8 Å². The molecule has 2 amide bonds. The molecule has 0 radical (unpaired) electrons. The zero-order valence-electron chi connectivity index (χ0n) is 14.0. The summed E-state index contributed by atoms with van der Waals surface area (Å²) in [4.78, 5) is 27.5. The van der Waals surface area contributed by atoms with Crippen LogP contribution in [0.5, 0.6) is 0 Å². The monoisotopic (exact) mass is 322 g/mol. The van der Waals surface area contributed by atoms with Gasteiger partial charge in [-0.15, -0.1) is 0 Å². The molecular weight excluding hydrogens is 292 g/mol. The van der Waals surface area contributed by atoms with Crippen LogP contribution in [-0.4, -0.2) is 47.1 Å². The van der Waals surface area contributed by atoms with Crippen LogP contribution in [0.1, 0.15) is 64.2 Å². The van der Waals surface area contributed by atoms with Gasteiger partial charge < -0.3 is 15.3 Å². The minimum Gasteiger partial charge on any atom is -0.393 e. The van der Waals surface area contributed by atoms with E-state index in [1.807, 2.05) is 4.90 Å². The summed E-state index contributed by atoms with van der Waals surface area (Å²) in [5, 5.41) is 12.7. The largest absolute Gasteiger partial charge is 0.393 e. The Kier molecular flexibility index (Phi) is 5.57. The zero-order valence-corrected chi connectivity index (χ0v) is 14.0. The van der Waals surface area contributed by atoms with Gasteiger partial charge in [0.15, 0.2) is 0 Å². The Labute approximate surface area is 138 Å². The molecule has 3 aliphatic rings. The van der Waals surface area contributed by atoms with E-state index in [1.54, 1.807) is 0 Å². The average Bonchev–Trinajstić information content (AvgIpc) is 3.11. The van der Waals surface area contributed by atoms with Crippen molar-refractivity contribution < 1.29 is 14.7 Å². The van der Waals surface area contributed by atoms with Crippen molar-refractivity contribution in [2.24, 2.45) is 11.8 Å². The minimum atomic E-state index is -0.206. The van der Waals surface area contributed by atoms with Crippen LogP contribution >= 0.6 is 0 Å². The van der Waals surface area contributed by atoms with Crippen molar-refractivity contribution in [1.29, 1.82) is 0 Å². The van der Waals surface area contributed by atoms with Crippen molar-refractivity contribution in [2.75, 3.05) is 13.1 Å². The van der Waals surface area contributed by atoms with Crippen molar-refractivity contribution in [3.05, 3.63) is 0 Å². The molecule has 1 saturated heterocycles. The third kappa shape index (κ3) is 4.06. The fourth-order valence-electron chi connectivity index (χ4n) is 4.44. The number of nitrogens with one attached hydrogen (secondary N) is 1. The van der Waals surface area contributed by atoms with Crippen LogP contribution in [-0.2, 0) is 9.59 Å². The van der Waals surface area contributed by atoms with Crippen LogP contribution in [0.2, 0.25) is 0 Å². The highest BCUT2D eigenvalue weighted by molar-refractivity contribution is 5.88. The Morgan fingerprint density at radius 1 is 0.826 bits per heavy atom. The third-order valence-corrected chi connectivity index (χ3v) is 5.88. The lowest BCUT2D eigenvalue weighted by molar-refractivity contribution is -0.143. The Morgan fingerprint density at radius 2 is 1.43 bits per heavy atom. The number of hydrogen-bond acceptors (Lipinski definition) is 3. The molecule has 3 fully saturated rings. The number of carbonyl (C=O) groups excluding carboxylic acids is 2. The second-order valence-electron chi connectivity index (χ2n) is 7.54. The molecule has 23 heavy (non-hydrogen) atoms. The van der Waals surface area contributed by atoms with E-state index < -0.39 is 0 Å². The van der Waals surface area contributed by atoms with Crippen LogP contribution in [0.15, 0.2) is 0 Å². The molecule has 0 aromatic carbocycles. The van der Waals surface area contributed by atoms with Crippen molar-refractivity contribution in [1.82, 2.24) is 10.2 Å². The topological polar surface area (TPSA) is 69.6 Å². The Bertz CT molecular complexity index is 426. The van der Waals surface area contributed by atoms with E-state index >= 15 is 0 Å². The standard InChI is InChI=1S/C18H30N2O3/c21-14-9-7-13(8-10-14)19-17(22)15-5-1-2-6-16(15)18(23)20-11-3-4-12-20/h13-16,21H,1-12H2,(H,19,22)/t13?,14?,15-,16-/m1/s1. The molecule has 2 atom stereocenters. The summed E-state index contributed by atoms with van der Waals surface area (Å²) in [5.74, 6) is 0.0183. The molecule has 0 spiro atoms. The van der Waals surface area contributed by atoms with Gasteiger partial charge in [0.25, 0.3) is 0 Å². The average molecular weight is 322 g/mol. The molecule has 1 aliphatic heterocycles. The van der Waals surface area contributed by atoms with Crippen LogP contribution in [0, 0.1) is 11.8 Å². The van der Waals surface area contributed by atoms with Crippen molar-refractivity contribution in [2.45, 2.75) is 76.4 Å². The summed E-state index contributed by atoms with van der Waals surface area (Å²) in [7, 11) is 0. The number of likely N-dealkylation sites (tertiary alicyclic amines) is 1. The quantitative estimate of drug-likeness (QED) is 0.833. The number of amides is 2. The smallest absolute Gasteiger partial charge is 0.226 e. The highest BCUT2D eigenvalue weighted by Crippen LogP contribution is 2.33. The van der Waals surface area contributed by atoms with Gasteiger partial charge in [0.05, 0.1) is 6.10 Å². The third-order valence-electron chi connectivity index (χ3n) is 5.88. The molecule has 0 aromatic heterocycles. The Morgan fingerprint density at radius 3 is 2.09 bits per heavy atom. The Balaban J connectivity index is 1.58. The SMILES string of the molecule is O=C(NC1CCC(O)CC1)[C@@H]1CCCC[C@H]1C(=O)N1CCCC1. The summed E-state index contributed by atoms with van der Waals surface area (Å²) in [6.45, 7) is 1.73. The van der Waals surface area contributed by atoms with Gasteiger partial charge in [0, 0.05) is 31.0 Å². The highest BCUT2D eigenvalue weighted by atomic mass is 16.3. The van der Waals surface area contributed by atoms with E-state index in [0.717, 1.165) is 77.3 Å². The summed E-state index contributed by atoms with van der Waals surface area (Å²) in [6, 6.07) is 0.176. The molecule has 0 bridgehead atoms. The predicted octanol–water partition coefficient (Wildman–Crippen LogP) is 1.83. The molecule has 1 heterocycles. The fourth-order valence-corrected chi connectivity index (χ4v) is 4.44. The molecule has 5 nitrogen and oxygen atoms in total. The van der Waals surface area contributed by atoms with Gasteiger partial charge in [-0.25, -0.2) is 0 Å². The van der Waals surface area contributed by atoms with Gasteiger partial charge in [0.1, 0.15) is 0 Å². The number of aliphatic hydroxyl groups is 1. The summed E-state index contributed by atoms with van der Waals surface area (Å²) >= 11 is 0. The molecular formula is C18H30N2O3. The second-order valence-corrected chi connectivity index (χ2v) is 7.54. The predicted molar refractivity (Wildman–Crippen MR) is 87.7 cm³/mol. The van der Waals surface area contributed by atoms with Crippen LogP contribution in [0.4, 0.5) is 0 Å². The van der Waals surface area contributed by atoms with Crippen molar-refractivity contribution in [3.8, 4) is 0 Å². The molecule has 0 aromatic rings. The van der Waals surface area contributed by atoms with Gasteiger partial charge in [-0.1, -0.05) is 12.8 Å². The number of rotatable bonds is 3. The van der Waals surface area contributed by atoms with Crippen LogP contribution in [0.3, 0.4) is 0 Å². The Hall–Kier alpha value is -1.10. The van der Waals surface area contributed by atoms with Crippen molar-refractivity contribution in [3.63, 3.8) is 0 Å². The van der Waals surface area contributed by atoms with Crippen LogP contribution < -0.4 is 5.32 Å². The highest BCUT2D eigenvalue weighted by Gasteiger charge is 2.39. The molecule has 2 aliphatic carbocycles. The van der Waals surface area contributed by atoms with Gasteiger partial charge >= 0.3 is 0 Å². The maximum atomic E-state index is 12.8. The fraction of sp³-hybridized carbons (Fsp3) is 0.889.